The molecule has 186 valence electrons. The summed E-state index contributed by atoms with van der Waals surface area (Å²) in [6.07, 6.45) is 0.736. The first-order valence-corrected chi connectivity index (χ1v) is 11.6. The lowest BCUT2D eigenvalue weighted by molar-refractivity contribution is -0.131. The predicted octanol–water partition coefficient (Wildman–Crippen LogP) is 3.01. The van der Waals surface area contributed by atoms with Crippen molar-refractivity contribution in [2.45, 2.75) is 52.6 Å². The van der Waals surface area contributed by atoms with Gasteiger partial charge < -0.3 is 24.5 Å². The van der Waals surface area contributed by atoms with Gasteiger partial charge in [0.1, 0.15) is 11.6 Å². The number of urea groups is 1. The van der Waals surface area contributed by atoms with E-state index < -0.39 is 35.3 Å². The number of hydrogen-bond acceptors (Lipinski definition) is 7. The average Bonchev–Trinajstić information content (AvgIpc) is 3.10. The Hall–Kier alpha value is -3.82. The fourth-order valence-corrected chi connectivity index (χ4v) is 4.51. The molecule has 3 amide bonds. The van der Waals surface area contributed by atoms with Gasteiger partial charge in [-0.25, -0.2) is 9.59 Å². The molecule has 0 bridgehead atoms. The minimum absolute atomic E-state index is 0.155. The van der Waals surface area contributed by atoms with E-state index in [4.69, 9.17) is 14.2 Å². The second kappa shape index (κ2) is 9.09. The first-order valence-electron chi connectivity index (χ1n) is 11.6. The maximum Gasteiger partial charge on any atom is 0.340 e. The summed E-state index contributed by atoms with van der Waals surface area (Å²) >= 11 is 0. The molecule has 2 atom stereocenters. The molecule has 0 spiro atoms. The van der Waals surface area contributed by atoms with Gasteiger partial charge in [0, 0.05) is 12.1 Å². The molecule has 2 N–H and O–H groups in total. The molecule has 0 radical (unpaired) electrons. The van der Waals surface area contributed by atoms with Crippen LogP contribution in [-0.2, 0) is 15.1 Å². The SMILES string of the molecule is CCOC(=O)c1c(C)[nH]c(C(=O)[C@H](C)N2C(=O)N[C@](C)(c3ccc4c(c3)OCCCO4)C2=O)c1C. The highest BCUT2D eigenvalue weighted by atomic mass is 16.5. The van der Waals surface area contributed by atoms with Crippen LogP contribution >= 0.6 is 0 Å². The van der Waals surface area contributed by atoms with E-state index >= 15 is 0 Å². The molecule has 1 fully saturated rings. The van der Waals surface area contributed by atoms with E-state index in [1.54, 1.807) is 45.9 Å². The van der Waals surface area contributed by atoms with Crippen LogP contribution in [-0.4, -0.2) is 59.4 Å². The maximum atomic E-state index is 13.5. The first-order chi connectivity index (χ1) is 16.6. The van der Waals surface area contributed by atoms with Crippen LogP contribution in [0.25, 0.3) is 0 Å². The number of amides is 3. The van der Waals surface area contributed by atoms with E-state index in [-0.39, 0.29) is 17.9 Å². The smallest absolute Gasteiger partial charge is 0.340 e. The minimum Gasteiger partial charge on any atom is -0.490 e. The number of rotatable bonds is 6. The average molecular weight is 484 g/mol. The number of fused-ring (bicyclic) bond motifs is 1. The van der Waals surface area contributed by atoms with Gasteiger partial charge in [-0.05, 0) is 57.9 Å². The number of imide groups is 1. The Labute approximate surface area is 202 Å². The van der Waals surface area contributed by atoms with Crippen molar-refractivity contribution in [3.63, 3.8) is 0 Å². The number of esters is 1. The number of benzene rings is 1. The summed E-state index contributed by atoms with van der Waals surface area (Å²) in [4.78, 5) is 56.0. The largest absolute Gasteiger partial charge is 0.490 e. The molecule has 10 nitrogen and oxygen atoms in total. The molecule has 0 saturated carbocycles. The Bertz CT molecular complexity index is 1220. The van der Waals surface area contributed by atoms with Crippen LogP contribution in [0.15, 0.2) is 18.2 Å². The van der Waals surface area contributed by atoms with Crippen molar-refractivity contribution in [3.05, 3.63) is 46.3 Å². The molecule has 1 aromatic heterocycles. The summed E-state index contributed by atoms with van der Waals surface area (Å²) in [6, 6.07) is 3.29. The van der Waals surface area contributed by atoms with E-state index in [0.29, 0.717) is 41.5 Å². The molecule has 10 heteroatoms. The van der Waals surface area contributed by atoms with Crippen molar-refractivity contribution >= 4 is 23.7 Å². The minimum atomic E-state index is -1.40. The number of nitrogens with one attached hydrogen (secondary N) is 2. The molecule has 4 rings (SSSR count). The van der Waals surface area contributed by atoms with Crippen molar-refractivity contribution in [1.82, 2.24) is 15.2 Å². The van der Waals surface area contributed by atoms with E-state index in [2.05, 4.69) is 10.3 Å². The van der Waals surface area contributed by atoms with Crippen LogP contribution in [0.2, 0.25) is 0 Å². The number of nitrogens with zero attached hydrogens (tertiary/aromatic N) is 1. The number of aromatic nitrogens is 1. The molecule has 2 aliphatic heterocycles. The second-order valence-electron chi connectivity index (χ2n) is 8.83. The van der Waals surface area contributed by atoms with E-state index in [9.17, 15) is 19.2 Å². The van der Waals surface area contributed by atoms with Gasteiger partial charge in [0.25, 0.3) is 5.91 Å². The highest BCUT2D eigenvalue weighted by molar-refractivity contribution is 6.13. The third kappa shape index (κ3) is 4.02. The van der Waals surface area contributed by atoms with Crippen molar-refractivity contribution in [1.29, 1.82) is 0 Å². The second-order valence-corrected chi connectivity index (χ2v) is 8.83. The molecular formula is C25H29N3O7. The zero-order chi connectivity index (χ0) is 25.5. The molecule has 2 aromatic rings. The number of aromatic amines is 1. The quantitative estimate of drug-likeness (QED) is 0.367. The Kier molecular flexibility index (Phi) is 6.31. The van der Waals surface area contributed by atoms with Gasteiger partial charge in [0.15, 0.2) is 11.5 Å². The van der Waals surface area contributed by atoms with Crippen molar-refractivity contribution in [2.24, 2.45) is 0 Å². The van der Waals surface area contributed by atoms with Crippen molar-refractivity contribution in [2.75, 3.05) is 19.8 Å². The summed E-state index contributed by atoms with van der Waals surface area (Å²) < 4.78 is 16.5. The zero-order valence-corrected chi connectivity index (χ0v) is 20.4. The number of aryl methyl sites for hydroxylation is 1. The predicted molar refractivity (Wildman–Crippen MR) is 125 cm³/mol. The lowest BCUT2D eigenvalue weighted by atomic mass is 9.91. The number of hydrogen-bond donors (Lipinski definition) is 2. The summed E-state index contributed by atoms with van der Waals surface area (Å²) in [7, 11) is 0. The summed E-state index contributed by atoms with van der Waals surface area (Å²) in [5.41, 5.74) is 0.437. The van der Waals surface area contributed by atoms with Crippen LogP contribution < -0.4 is 14.8 Å². The highest BCUT2D eigenvalue weighted by Gasteiger charge is 2.52. The third-order valence-corrected chi connectivity index (χ3v) is 6.48. The monoisotopic (exact) mass is 483 g/mol. The third-order valence-electron chi connectivity index (χ3n) is 6.48. The van der Waals surface area contributed by atoms with Crippen LogP contribution in [0.5, 0.6) is 11.5 Å². The topological polar surface area (TPSA) is 127 Å². The standard InChI is InChI=1S/C25H29N3O7/c1-6-33-22(30)19-13(2)20(26-14(19)3)21(29)15(4)28-23(31)25(5,27-24(28)32)16-8-9-17-18(12-16)35-11-7-10-34-17/h8-9,12,15,26H,6-7,10-11H2,1-5H3,(H,27,32)/t15-,25+/m0/s1. The van der Waals surface area contributed by atoms with Gasteiger partial charge in [-0.1, -0.05) is 6.07 Å². The highest BCUT2D eigenvalue weighted by Crippen LogP contribution is 2.37. The molecule has 2 aliphatic rings. The Balaban J connectivity index is 1.62. The zero-order valence-electron chi connectivity index (χ0n) is 20.4. The number of carbonyl (C=O) groups excluding carboxylic acids is 4. The van der Waals surface area contributed by atoms with E-state index in [0.717, 1.165) is 11.3 Å². The summed E-state index contributed by atoms with van der Waals surface area (Å²) in [5.74, 6) is -0.531. The number of carbonyl (C=O) groups is 4. The fourth-order valence-electron chi connectivity index (χ4n) is 4.51. The molecular weight excluding hydrogens is 454 g/mol. The molecule has 0 aliphatic carbocycles. The lowest BCUT2D eigenvalue weighted by Crippen LogP contribution is -2.45. The number of H-pyrrole nitrogens is 1. The van der Waals surface area contributed by atoms with Crippen molar-refractivity contribution < 1.29 is 33.4 Å². The molecule has 1 saturated heterocycles. The maximum absolute atomic E-state index is 13.5. The van der Waals surface area contributed by atoms with Crippen LogP contribution in [0.3, 0.4) is 0 Å². The first kappa shape index (κ1) is 24.3. The van der Waals surface area contributed by atoms with Crippen LogP contribution in [0.1, 0.15) is 64.9 Å². The van der Waals surface area contributed by atoms with Gasteiger partial charge in [-0.3, -0.25) is 14.5 Å². The molecule has 35 heavy (non-hydrogen) atoms. The van der Waals surface area contributed by atoms with Crippen molar-refractivity contribution in [3.8, 4) is 11.5 Å². The molecule has 0 unspecified atom stereocenters. The van der Waals surface area contributed by atoms with E-state index in [1.807, 2.05) is 0 Å². The Morgan fingerprint density at radius 2 is 1.86 bits per heavy atom. The van der Waals surface area contributed by atoms with Gasteiger partial charge >= 0.3 is 12.0 Å². The van der Waals surface area contributed by atoms with Crippen LogP contribution in [0, 0.1) is 13.8 Å². The van der Waals surface area contributed by atoms with Crippen LogP contribution in [0.4, 0.5) is 4.79 Å². The van der Waals surface area contributed by atoms with Gasteiger partial charge in [0.05, 0.1) is 31.1 Å². The van der Waals surface area contributed by atoms with Gasteiger partial charge in [0.2, 0.25) is 5.78 Å². The van der Waals surface area contributed by atoms with Gasteiger partial charge in [-0.2, -0.15) is 0 Å². The Morgan fingerprint density at radius 3 is 2.54 bits per heavy atom. The van der Waals surface area contributed by atoms with E-state index in [1.165, 1.54) is 6.92 Å². The lowest BCUT2D eigenvalue weighted by Gasteiger charge is -2.25. The fraction of sp³-hybridized carbons (Fsp3) is 0.440. The molecule has 1 aromatic carbocycles. The molecule has 3 heterocycles. The number of Topliss-reactive ketones (excluding diaryl/α,β-unsaturated/α-hetero) is 1. The summed E-state index contributed by atoms with van der Waals surface area (Å²) in [5, 5.41) is 2.73. The number of ether oxygens (including phenoxy) is 3. The normalized spacial score (nSPS) is 20.3. The summed E-state index contributed by atoms with van der Waals surface area (Å²) in [6.45, 7) is 9.27. The Morgan fingerprint density at radius 1 is 1.17 bits per heavy atom. The van der Waals surface area contributed by atoms with Gasteiger partial charge in [-0.15, -0.1) is 0 Å². The number of ketones is 1.